The smallest absolute Gasteiger partial charge is 0.216 e. The van der Waals surface area contributed by atoms with Gasteiger partial charge in [0.1, 0.15) is 0 Å². The molecule has 0 bridgehead atoms. The van der Waals surface area contributed by atoms with Gasteiger partial charge in [-0.1, -0.05) is 87.5 Å². The molecule has 4 nitrogen and oxygen atoms in total. The molecule has 0 fully saturated rings. The number of nitrogens with zero attached hydrogens (tertiary/aromatic N) is 3. The first kappa shape index (κ1) is 34.9. The molecule has 3 aromatic carbocycles. The van der Waals surface area contributed by atoms with E-state index in [0.29, 0.717) is 17.5 Å². The molecule has 0 saturated heterocycles. The summed E-state index contributed by atoms with van der Waals surface area (Å²) in [5.74, 6) is 0.812. The molecule has 0 aliphatic rings. The van der Waals surface area contributed by atoms with Gasteiger partial charge < -0.3 is 14.4 Å². The second kappa shape index (κ2) is 15.2. The molecule has 0 N–H and O–H groups in total. The van der Waals surface area contributed by atoms with Crippen LogP contribution < -0.4 is 0 Å². The van der Waals surface area contributed by atoms with Gasteiger partial charge >= 0.3 is 0 Å². The van der Waals surface area contributed by atoms with Gasteiger partial charge in [0.05, 0.1) is 11.3 Å². The maximum atomic E-state index is 6.41. The Kier molecular flexibility index (Phi) is 11.0. The molecule has 4 aromatic heterocycles. The Morgan fingerprint density at radius 3 is 2.06 bits per heavy atom. The van der Waals surface area contributed by atoms with Gasteiger partial charge in [0, 0.05) is 43.4 Å². The van der Waals surface area contributed by atoms with Gasteiger partial charge in [0.25, 0.3) is 0 Å². The van der Waals surface area contributed by atoms with Gasteiger partial charge in [-0.25, -0.2) is 4.98 Å². The number of aromatic nitrogens is 3. The summed E-state index contributed by atoms with van der Waals surface area (Å²) >= 11 is 0. The van der Waals surface area contributed by atoms with E-state index in [1.165, 1.54) is 33.4 Å². The largest absolute Gasteiger partial charge is 0.486 e. The van der Waals surface area contributed by atoms with Crippen LogP contribution in [0, 0.1) is 26.0 Å². The summed E-state index contributed by atoms with van der Waals surface area (Å²) in [5.41, 5.74) is 13.7. The minimum absolute atomic E-state index is 0. The molecule has 5 heteroatoms. The Bertz CT molecular complexity index is 2120. The van der Waals surface area contributed by atoms with Crippen molar-refractivity contribution < 1.29 is 24.5 Å². The van der Waals surface area contributed by atoms with Crippen molar-refractivity contribution in [2.24, 2.45) is 0 Å². The summed E-state index contributed by atoms with van der Waals surface area (Å²) in [6.07, 6.45) is 4.81. The van der Waals surface area contributed by atoms with Crippen molar-refractivity contribution in [1.82, 2.24) is 15.0 Å². The Morgan fingerprint density at radius 1 is 0.708 bits per heavy atom. The molecular weight excluding hydrogens is 767 g/mol. The standard InChI is InChI=1S/C31H31N2O.C12H10N.Ir/c1-7-21-17-32-28(16-20(21)6)26-13-9-12-24-25-14-15-27(33-31(25)34-30(24)26)29-22(18(2)3)10-8-11-23(29)19(4)5;1-10-7-8-12(13-9-10)11-5-3-2-4-6-11;/h8-12,14-19H,7H2,1-6H3;2-5,7-9H,1H3;/q2*-1;. The van der Waals surface area contributed by atoms with Crippen LogP contribution in [-0.4, -0.2) is 15.0 Å². The average Bonchev–Trinajstić information content (AvgIpc) is 3.47. The molecule has 0 amide bonds. The van der Waals surface area contributed by atoms with Crippen LogP contribution in [0.4, 0.5) is 0 Å². The van der Waals surface area contributed by atoms with Crippen molar-refractivity contribution in [3.05, 3.63) is 137 Å². The van der Waals surface area contributed by atoms with E-state index >= 15 is 0 Å². The molecule has 0 atom stereocenters. The number of rotatable bonds is 6. The number of pyridine rings is 3. The zero-order chi connectivity index (χ0) is 33.1. The fourth-order valence-corrected chi connectivity index (χ4v) is 6.07. The zero-order valence-electron chi connectivity index (χ0n) is 28.7. The van der Waals surface area contributed by atoms with Crippen LogP contribution in [0.3, 0.4) is 0 Å². The Labute approximate surface area is 298 Å². The van der Waals surface area contributed by atoms with E-state index in [1.807, 2.05) is 55.7 Å². The van der Waals surface area contributed by atoms with Crippen LogP contribution in [0.25, 0.3) is 55.8 Å². The maximum absolute atomic E-state index is 6.41. The van der Waals surface area contributed by atoms with E-state index in [1.54, 1.807) is 0 Å². The normalized spacial score (nSPS) is 11.1. The first-order valence-electron chi connectivity index (χ1n) is 16.5. The van der Waals surface area contributed by atoms with Crippen molar-refractivity contribution in [3.8, 4) is 33.8 Å². The summed E-state index contributed by atoms with van der Waals surface area (Å²) < 4.78 is 6.41. The van der Waals surface area contributed by atoms with Crippen LogP contribution in [0.2, 0.25) is 0 Å². The number of furan rings is 1. The van der Waals surface area contributed by atoms with Crippen molar-refractivity contribution in [2.75, 3.05) is 0 Å². The fourth-order valence-electron chi connectivity index (χ4n) is 6.07. The second-order valence-electron chi connectivity index (χ2n) is 12.7. The molecule has 0 aliphatic heterocycles. The molecule has 245 valence electrons. The first-order valence-corrected chi connectivity index (χ1v) is 16.5. The molecule has 48 heavy (non-hydrogen) atoms. The van der Waals surface area contributed by atoms with Crippen molar-refractivity contribution >= 4 is 22.1 Å². The van der Waals surface area contributed by atoms with E-state index in [2.05, 4.69) is 107 Å². The van der Waals surface area contributed by atoms with Crippen molar-refractivity contribution in [3.63, 3.8) is 0 Å². The van der Waals surface area contributed by atoms with E-state index < -0.39 is 0 Å². The van der Waals surface area contributed by atoms with Crippen LogP contribution in [0.1, 0.15) is 74.3 Å². The number of aryl methyl sites for hydroxylation is 3. The maximum Gasteiger partial charge on any atom is 0.216 e. The summed E-state index contributed by atoms with van der Waals surface area (Å²) in [4.78, 5) is 14.1. The summed E-state index contributed by atoms with van der Waals surface area (Å²) in [7, 11) is 0. The molecule has 1 radical (unpaired) electrons. The van der Waals surface area contributed by atoms with Gasteiger partial charge in [-0.2, -0.15) is 0 Å². The number of hydrogen-bond donors (Lipinski definition) is 0. The molecule has 7 aromatic rings. The average molecular weight is 808 g/mol. The van der Waals surface area contributed by atoms with Gasteiger partial charge in [-0.15, -0.1) is 54.1 Å². The van der Waals surface area contributed by atoms with E-state index in [-0.39, 0.29) is 20.1 Å². The number of hydrogen-bond acceptors (Lipinski definition) is 4. The van der Waals surface area contributed by atoms with Crippen LogP contribution >= 0.6 is 0 Å². The Morgan fingerprint density at radius 2 is 1.44 bits per heavy atom. The molecule has 7 rings (SSSR count). The van der Waals surface area contributed by atoms with Crippen molar-refractivity contribution in [2.45, 2.75) is 66.7 Å². The fraction of sp³-hybridized carbons (Fsp3) is 0.233. The van der Waals surface area contributed by atoms with Crippen LogP contribution in [-0.2, 0) is 26.5 Å². The van der Waals surface area contributed by atoms with Gasteiger partial charge in [-0.3, -0.25) is 0 Å². The Balaban J connectivity index is 0.000000270. The minimum Gasteiger partial charge on any atom is -0.486 e. The van der Waals surface area contributed by atoms with E-state index in [0.717, 1.165) is 51.0 Å². The SMILES string of the molecule is CCc1cnc(-c2[c-]ccc3c2oc2nc(-c4c(C(C)C)cccc4C(C)C)ccc23)cc1C.Cc1ccc(-c2[c-]cccc2)nc1.[Ir]. The third-order valence-corrected chi connectivity index (χ3v) is 8.68. The molecule has 0 spiro atoms. The first-order chi connectivity index (χ1) is 22.7. The quantitative estimate of drug-likeness (QED) is 0.157. The molecule has 0 unspecified atom stereocenters. The third kappa shape index (κ3) is 7.18. The predicted octanol–water partition coefficient (Wildman–Crippen LogP) is 11.5. The van der Waals surface area contributed by atoms with Gasteiger partial charge in [0.15, 0.2) is 0 Å². The van der Waals surface area contributed by atoms with Crippen LogP contribution in [0.5, 0.6) is 0 Å². The zero-order valence-corrected chi connectivity index (χ0v) is 31.1. The van der Waals surface area contributed by atoms with Gasteiger partial charge in [-0.05, 0) is 77.9 Å². The molecular formula is C43H41IrN3O-2. The van der Waals surface area contributed by atoms with Crippen LogP contribution in [0.15, 0.2) is 102 Å². The molecule has 4 heterocycles. The Hall–Kier alpha value is -4.44. The number of benzene rings is 3. The second-order valence-corrected chi connectivity index (χ2v) is 12.7. The summed E-state index contributed by atoms with van der Waals surface area (Å²) in [5, 5.41) is 2.06. The van der Waals surface area contributed by atoms with E-state index in [4.69, 9.17) is 14.4 Å². The number of fused-ring (bicyclic) bond motifs is 3. The minimum atomic E-state index is 0. The van der Waals surface area contributed by atoms with E-state index in [9.17, 15) is 0 Å². The van der Waals surface area contributed by atoms with Gasteiger partial charge in [0.2, 0.25) is 5.71 Å². The third-order valence-electron chi connectivity index (χ3n) is 8.68. The topological polar surface area (TPSA) is 51.8 Å². The monoisotopic (exact) mass is 808 g/mol. The summed E-state index contributed by atoms with van der Waals surface area (Å²) in [6, 6.07) is 35.5. The molecule has 0 aliphatic carbocycles. The predicted molar refractivity (Wildman–Crippen MR) is 195 cm³/mol. The molecule has 0 saturated carbocycles. The van der Waals surface area contributed by atoms with Crippen molar-refractivity contribution in [1.29, 1.82) is 0 Å². The summed E-state index contributed by atoms with van der Waals surface area (Å²) in [6.45, 7) is 15.3.